The Hall–Kier alpha value is -5.22. The van der Waals surface area contributed by atoms with Gasteiger partial charge in [0.2, 0.25) is 5.91 Å². The molecule has 3 amide bonds. The van der Waals surface area contributed by atoms with E-state index in [1.807, 2.05) is 38.1 Å². The minimum absolute atomic E-state index is 0.0508. The third-order valence-corrected chi connectivity index (χ3v) is 7.40. The summed E-state index contributed by atoms with van der Waals surface area (Å²) in [5.74, 6) is -1.04. The fourth-order valence-corrected chi connectivity index (χ4v) is 4.94. The first-order valence-electron chi connectivity index (χ1n) is 13.5. The molecule has 0 aromatic heterocycles. The van der Waals surface area contributed by atoms with Gasteiger partial charge in [0.05, 0.1) is 10.7 Å². The monoisotopic (exact) mass is 594 g/mol. The van der Waals surface area contributed by atoms with Gasteiger partial charge < -0.3 is 16.0 Å². The van der Waals surface area contributed by atoms with Crippen molar-refractivity contribution in [1.29, 1.82) is 0 Å². The molecular weight excluding hydrogens is 564 g/mol. The molecule has 0 bridgehead atoms. The Morgan fingerprint density at radius 3 is 2.30 bits per heavy atom. The van der Waals surface area contributed by atoms with Gasteiger partial charge in [-0.15, -0.1) is 11.8 Å². The van der Waals surface area contributed by atoms with E-state index in [2.05, 4.69) is 16.0 Å². The van der Waals surface area contributed by atoms with E-state index in [0.717, 1.165) is 28.1 Å². The van der Waals surface area contributed by atoms with Crippen LogP contribution in [0.2, 0.25) is 0 Å². The highest BCUT2D eigenvalue weighted by molar-refractivity contribution is 8.00. The molecule has 0 saturated heterocycles. The Morgan fingerprint density at radius 2 is 1.60 bits per heavy atom. The van der Waals surface area contributed by atoms with E-state index < -0.39 is 16.7 Å². The molecule has 0 aliphatic rings. The number of hydrogen-bond acceptors (Lipinski definition) is 6. The van der Waals surface area contributed by atoms with Gasteiger partial charge in [-0.25, -0.2) is 0 Å². The Labute approximate surface area is 253 Å². The van der Waals surface area contributed by atoms with Gasteiger partial charge in [0.25, 0.3) is 17.5 Å². The van der Waals surface area contributed by atoms with E-state index in [1.54, 1.807) is 48.5 Å². The smallest absolute Gasteiger partial charge is 0.272 e. The number of anilines is 2. The molecule has 43 heavy (non-hydrogen) atoms. The van der Waals surface area contributed by atoms with Crippen LogP contribution >= 0.6 is 11.8 Å². The van der Waals surface area contributed by atoms with Crippen molar-refractivity contribution in [2.24, 2.45) is 0 Å². The zero-order valence-corrected chi connectivity index (χ0v) is 24.4. The molecule has 0 radical (unpaired) electrons. The molecule has 0 aliphatic carbocycles. The quantitative estimate of drug-likeness (QED) is 0.0776. The zero-order chi connectivity index (χ0) is 30.8. The van der Waals surface area contributed by atoms with E-state index in [-0.39, 0.29) is 23.0 Å². The number of amides is 3. The maximum Gasteiger partial charge on any atom is 0.272 e. The third kappa shape index (κ3) is 8.64. The van der Waals surface area contributed by atoms with Crippen molar-refractivity contribution < 1.29 is 19.3 Å². The van der Waals surface area contributed by atoms with Crippen LogP contribution in [0.15, 0.2) is 108 Å². The van der Waals surface area contributed by atoms with Crippen molar-refractivity contribution in [2.75, 3.05) is 16.4 Å². The summed E-state index contributed by atoms with van der Waals surface area (Å²) in [6.45, 7) is 4.00. The Morgan fingerprint density at radius 1 is 0.884 bits per heavy atom. The Bertz CT molecular complexity index is 1670. The van der Waals surface area contributed by atoms with E-state index in [9.17, 15) is 24.5 Å². The fourth-order valence-electron chi connectivity index (χ4n) is 4.19. The molecule has 0 saturated carbocycles. The lowest BCUT2D eigenvalue weighted by Crippen LogP contribution is -2.30. The van der Waals surface area contributed by atoms with Crippen LogP contribution in [0.3, 0.4) is 0 Å². The van der Waals surface area contributed by atoms with Crippen LogP contribution in [0.4, 0.5) is 17.1 Å². The van der Waals surface area contributed by atoms with Crippen LogP contribution in [-0.4, -0.2) is 28.4 Å². The Balaban J connectivity index is 1.47. The minimum Gasteiger partial charge on any atom is -0.325 e. The summed E-state index contributed by atoms with van der Waals surface area (Å²) in [4.78, 5) is 50.2. The summed E-state index contributed by atoms with van der Waals surface area (Å²) in [5, 5.41) is 19.5. The highest BCUT2D eigenvalue weighted by Crippen LogP contribution is 2.25. The summed E-state index contributed by atoms with van der Waals surface area (Å²) in [7, 11) is 0. The van der Waals surface area contributed by atoms with Crippen molar-refractivity contribution in [3.63, 3.8) is 0 Å². The van der Waals surface area contributed by atoms with Gasteiger partial charge in [0, 0.05) is 34.0 Å². The maximum atomic E-state index is 13.4. The lowest BCUT2D eigenvalue weighted by molar-refractivity contribution is -0.384. The number of nitrogens with zero attached hydrogens (tertiary/aromatic N) is 1. The standard InChI is InChI=1S/C33H30N4O5S/c1-3-24-12-7-9-22(2)31(24)36-30(38)21-43-28-14-8-13-26(20-28)34-33(40)29(35-32(39)25-10-5-4-6-11-25)19-23-15-17-27(18-16-23)37(41)42/h4-20H,3,21H2,1-2H3,(H,34,40)(H,35,39)(H,36,38)/b29-19+. The second-order valence-electron chi connectivity index (χ2n) is 9.51. The number of benzene rings is 4. The SMILES string of the molecule is CCc1cccc(C)c1NC(=O)CSc1cccc(NC(=O)/C(=C\c2ccc([N+](=O)[O-])cc2)NC(=O)c2ccccc2)c1. The first kappa shape index (κ1) is 30.7. The van der Waals surface area contributed by atoms with Crippen LogP contribution in [0.1, 0.15) is 34.0 Å². The topological polar surface area (TPSA) is 130 Å². The van der Waals surface area contributed by atoms with Gasteiger partial charge in [-0.1, -0.05) is 49.4 Å². The molecule has 9 nitrogen and oxygen atoms in total. The highest BCUT2D eigenvalue weighted by Gasteiger charge is 2.16. The molecule has 4 aromatic rings. The lowest BCUT2D eigenvalue weighted by Gasteiger charge is -2.13. The van der Waals surface area contributed by atoms with Gasteiger partial charge >= 0.3 is 0 Å². The van der Waals surface area contributed by atoms with Gasteiger partial charge in [0.15, 0.2) is 0 Å². The van der Waals surface area contributed by atoms with Crippen LogP contribution < -0.4 is 16.0 Å². The zero-order valence-electron chi connectivity index (χ0n) is 23.6. The minimum atomic E-state index is -0.589. The van der Waals surface area contributed by atoms with Crippen molar-refractivity contribution >= 4 is 52.6 Å². The average Bonchev–Trinajstić information content (AvgIpc) is 3.01. The second-order valence-corrected chi connectivity index (χ2v) is 10.6. The summed E-state index contributed by atoms with van der Waals surface area (Å²) in [6, 6.07) is 27.0. The molecule has 0 heterocycles. The number of para-hydroxylation sites is 1. The number of non-ortho nitro benzene ring substituents is 1. The van der Waals surface area contributed by atoms with Crippen molar-refractivity contribution in [2.45, 2.75) is 25.2 Å². The number of carbonyl (C=O) groups excluding carboxylic acids is 3. The van der Waals surface area contributed by atoms with Crippen molar-refractivity contribution in [3.05, 3.63) is 135 Å². The van der Waals surface area contributed by atoms with E-state index in [4.69, 9.17) is 0 Å². The van der Waals surface area contributed by atoms with Crippen LogP contribution in [0.5, 0.6) is 0 Å². The first-order chi connectivity index (χ1) is 20.7. The molecule has 10 heteroatoms. The van der Waals surface area contributed by atoms with Crippen molar-refractivity contribution in [3.8, 4) is 0 Å². The maximum absolute atomic E-state index is 13.4. The summed E-state index contributed by atoms with van der Waals surface area (Å²) in [5.41, 5.74) is 4.07. The van der Waals surface area contributed by atoms with Gasteiger partial charge in [-0.05, 0) is 78.6 Å². The summed E-state index contributed by atoms with van der Waals surface area (Å²) in [6.07, 6.45) is 2.25. The molecule has 0 spiro atoms. The summed E-state index contributed by atoms with van der Waals surface area (Å²) < 4.78 is 0. The van der Waals surface area contributed by atoms with E-state index in [0.29, 0.717) is 16.8 Å². The predicted molar refractivity (Wildman–Crippen MR) is 170 cm³/mol. The molecule has 0 fully saturated rings. The second kappa shape index (κ2) is 14.6. The molecule has 4 rings (SSSR count). The number of nitro groups is 1. The summed E-state index contributed by atoms with van der Waals surface area (Å²) >= 11 is 1.33. The number of rotatable bonds is 11. The largest absolute Gasteiger partial charge is 0.325 e. The number of hydrogen-bond donors (Lipinski definition) is 3. The molecule has 0 atom stereocenters. The molecule has 0 aliphatic heterocycles. The van der Waals surface area contributed by atoms with Gasteiger partial charge in [0.1, 0.15) is 5.70 Å². The average molecular weight is 595 g/mol. The number of carbonyl (C=O) groups is 3. The van der Waals surface area contributed by atoms with E-state index >= 15 is 0 Å². The number of nitro benzene ring substituents is 1. The molecule has 218 valence electrons. The third-order valence-electron chi connectivity index (χ3n) is 6.41. The van der Waals surface area contributed by atoms with Crippen LogP contribution in [0, 0.1) is 17.0 Å². The normalized spacial score (nSPS) is 11.0. The molecule has 0 unspecified atom stereocenters. The Kier molecular flexibility index (Phi) is 10.4. The lowest BCUT2D eigenvalue weighted by atomic mass is 10.1. The van der Waals surface area contributed by atoms with Crippen LogP contribution in [0.25, 0.3) is 6.08 Å². The molecule has 3 N–H and O–H groups in total. The fraction of sp³-hybridized carbons (Fsp3) is 0.121. The molecular formula is C33H30N4O5S. The first-order valence-corrected chi connectivity index (χ1v) is 14.5. The number of aryl methyl sites for hydroxylation is 2. The number of thioether (sulfide) groups is 1. The van der Waals surface area contributed by atoms with Crippen LogP contribution in [-0.2, 0) is 16.0 Å². The molecule has 4 aromatic carbocycles. The van der Waals surface area contributed by atoms with E-state index in [1.165, 1.54) is 42.1 Å². The van der Waals surface area contributed by atoms with Crippen molar-refractivity contribution in [1.82, 2.24) is 5.32 Å². The highest BCUT2D eigenvalue weighted by atomic mass is 32.2. The van der Waals surface area contributed by atoms with Gasteiger partial charge in [-0.3, -0.25) is 24.5 Å². The predicted octanol–water partition coefficient (Wildman–Crippen LogP) is 6.61. The van der Waals surface area contributed by atoms with Gasteiger partial charge in [-0.2, -0.15) is 0 Å². The number of nitrogens with one attached hydrogen (secondary N) is 3.